The number of ether oxygens (including phenoxy) is 1. The van der Waals surface area contributed by atoms with Crippen LogP contribution in [-0.2, 0) is 4.79 Å². The molecule has 2 N–H and O–H groups in total. The summed E-state index contributed by atoms with van der Waals surface area (Å²) >= 11 is 0. The molecule has 22 heavy (non-hydrogen) atoms. The first-order valence-electron chi connectivity index (χ1n) is 7.34. The van der Waals surface area contributed by atoms with Crippen molar-refractivity contribution in [3.05, 3.63) is 42.1 Å². The number of anilines is 3. The number of hydrogen-bond acceptors (Lipinski definition) is 4. The highest BCUT2D eigenvalue weighted by Crippen LogP contribution is 2.30. The second-order valence-electron chi connectivity index (χ2n) is 5.52. The first kappa shape index (κ1) is 14.4. The van der Waals surface area contributed by atoms with Gasteiger partial charge in [-0.2, -0.15) is 0 Å². The van der Waals surface area contributed by atoms with Crippen LogP contribution in [0.25, 0.3) is 0 Å². The number of nitrogens with zero attached hydrogens (tertiary/aromatic N) is 1. The molecule has 1 fully saturated rings. The highest BCUT2D eigenvalue weighted by molar-refractivity contribution is 5.93. The van der Waals surface area contributed by atoms with Gasteiger partial charge in [-0.25, -0.2) is 4.98 Å². The van der Waals surface area contributed by atoms with Gasteiger partial charge >= 0.3 is 0 Å². The van der Waals surface area contributed by atoms with E-state index in [9.17, 15) is 4.79 Å². The molecular formula is C17H19N3O2. The van der Waals surface area contributed by atoms with E-state index >= 15 is 0 Å². The van der Waals surface area contributed by atoms with Crippen LogP contribution in [0.2, 0.25) is 0 Å². The van der Waals surface area contributed by atoms with Crippen LogP contribution < -0.4 is 15.4 Å². The molecule has 114 valence electrons. The van der Waals surface area contributed by atoms with Crippen LogP contribution in [-0.4, -0.2) is 18.0 Å². The molecule has 0 aliphatic heterocycles. The zero-order chi connectivity index (χ0) is 15.5. The van der Waals surface area contributed by atoms with E-state index in [-0.39, 0.29) is 11.8 Å². The fraction of sp³-hybridized carbons (Fsp3) is 0.294. The molecule has 1 saturated carbocycles. The van der Waals surface area contributed by atoms with Crippen molar-refractivity contribution >= 4 is 23.1 Å². The Kier molecular flexibility index (Phi) is 3.96. The molecule has 0 saturated heterocycles. The Hall–Kier alpha value is -2.56. The van der Waals surface area contributed by atoms with Crippen molar-refractivity contribution in [2.24, 2.45) is 5.92 Å². The highest BCUT2D eigenvalue weighted by Gasteiger charge is 2.29. The number of nitrogens with one attached hydrogen (secondary N) is 2. The minimum absolute atomic E-state index is 0.0635. The number of pyridine rings is 1. The number of amides is 1. The summed E-state index contributed by atoms with van der Waals surface area (Å²) in [5, 5.41) is 6.10. The lowest BCUT2D eigenvalue weighted by atomic mass is 10.2. The van der Waals surface area contributed by atoms with E-state index in [0.29, 0.717) is 5.82 Å². The average Bonchev–Trinajstić information content (AvgIpc) is 3.34. The van der Waals surface area contributed by atoms with Crippen LogP contribution >= 0.6 is 0 Å². The first-order chi connectivity index (χ1) is 10.7. The summed E-state index contributed by atoms with van der Waals surface area (Å²) in [6.07, 6.45) is 3.67. The molecule has 0 spiro atoms. The zero-order valence-electron chi connectivity index (χ0n) is 12.7. The van der Waals surface area contributed by atoms with E-state index in [4.69, 9.17) is 4.74 Å². The predicted octanol–water partition coefficient (Wildman–Crippen LogP) is 3.49. The number of methoxy groups -OCH3 is 1. The fourth-order valence-corrected chi connectivity index (χ4v) is 2.19. The lowest BCUT2D eigenvalue weighted by Gasteiger charge is -2.12. The Labute approximate surface area is 129 Å². The smallest absolute Gasteiger partial charge is 0.228 e. The van der Waals surface area contributed by atoms with Gasteiger partial charge in [0.25, 0.3) is 0 Å². The van der Waals surface area contributed by atoms with E-state index in [1.54, 1.807) is 19.4 Å². The lowest BCUT2D eigenvalue weighted by Crippen LogP contribution is -2.14. The Morgan fingerprint density at radius 2 is 2.09 bits per heavy atom. The minimum Gasteiger partial charge on any atom is -0.495 e. The van der Waals surface area contributed by atoms with Crippen molar-refractivity contribution < 1.29 is 9.53 Å². The predicted molar refractivity (Wildman–Crippen MR) is 86.6 cm³/mol. The fourth-order valence-electron chi connectivity index (χ4n) is 2.19. The standard InChI is InChI=1S/C17H19N3O2/c1-11-3-7-15(22-2)14(9-11)19-13-6-8-16(18-10-13)20-17(21)12-4-5-12/h3,6-10,12,19H,4-5H2,1-2H3,(H,18,20,21). The van der Waals surface area contributed by atoms with Gasteiger partial charge in [-0.05, 0) is 49.6 Å². The highest BCUT2D eigenvalue weighted by atomic mass is 16.5. The molecule has 1 aromatic heterocycles. The zero-order valence-corrected chi connectivity index (χ0v) is 12.7. The SMILES string of the molecule is COc1ccc(C)cc1Nc1ccc(NC(=O)C2CC2)nc1. The second kappa shape index (κ2) is 6.05. The van der Waals surface area contributed by atoms with Crippen molar-refractivity contribution in [3.63, 3.8) is 0 Å². The molecular weight excluding hydrogens is 278 g/mol. The maximum absolute atomic E-state index is 11.7. The maximum atomic E-state index is 11.7. The maximum Gasteiger partial charge on any atom is 0.228 e. The number of aryl methyl sites for hydroxylation is 1. The minimum atomic E-state index is 0.0635. The third kappa shape index (κ3) is 3.36. The molecule has 1 aliphatic rings. The van der Waals surface area contributed by atoms with Crippen LogP contribution in [0.5, 0.6) is 5.75 Å². The van der Waals surface area contributed by atoms with E-state index in [1.165, 1.54) is 0 Å². The molecule has 0 bridgehead atoms. The number of aromatic nitrogens is 1. The van der Waals surface area contributed by atoms with E-state index in [1.807, 2.05) is 31.2 Å². The monoisotopic (exact) mass is 297 g/mol. The molecule has 1 heterocycles. The number of benzene rings is 1. The van der Waals surface area contributed by atoms with Crippen molar-refractivity contribution in [3.8, 4) is 5.75 Å². The summed E-state index contributed by atoms with van der Waals surface area (Å²) in [5.74, 6) is 1.60. The molecule has 0 atom stereocenters. The van der Waals surface area contributed by atoms with Gasteiger partial charge in [0.1, 0.15) is 11.6 Å². The topological polar surface area (TPSA) is 63.2 Å². The Morgan fingerprint density at radius 3 is 2.73 bits per heavy atom. The third-order valence-corrected chi connectivity index (χ3v) is 3.60. The Bertz CT molecular complexity index is 679. The van der Waals surface area contributed by atoms with Gasteiger partial charge in [-0.3, -0.25) is 4.79 Å². The summed E-state index contributed by atoms with van der Waals surface area (Å²) < 4.78 is 5.34. The van der Waals surface area contributed by atoms with E-state index in [0.717, 1.165) is 35.5 Å². The van der Waals surface area contributed by atoms with E-state index < -0.39 is 0 Å². The first-order valence-corrected chi connectivity index (χ1v) is 7.34. The molecule has 5 nitrogen and oxygen atoms in total. The summed E-state index contributed by atoms with van der Waals surface area (Å²) in [6, 6.07) is 9.62. The van der Waals surface area contributed by atoms with Gasteiger partial charge in [-0.1, -0.05) is 6.07 Å². The van der Waals surface area contributed by atoms with Crippen LogP contribution in [0.3, 0.4) is 0 Å². The van der Waals surface area contributed by atoms with Gasteiger partial charge in [0.2, 0.25) is 5.91 Å². The van der Waals surface area contributed by atoms with Crippen LogP contribution in [0.4, 0.5) is 17.2 Å². The van der Waals surface area contributed by atoms with Crippen LogP contribution in [0.1, 0.15) is 18.4 Å². The molecule has 3 rings (SSSR count). The van der Waals surface area contributed by atoms with Gasteiger partial charge in [0.05, 0.1) is 24.7 Å². The average molecular weight is 297 g/mol. The summed E-state index contributed by atoms with van der Waals surface area (Å²) in [4.78, 5) is 16.0. The largest absolute Gasteiger partial charge is 0.495 e. The van der Waals surface area contributed by atoms with Crippen LogP contribution in [0, 0.1) is 12.8 Å². The quantitative estimate of drug-likeness (QED) is 0.886. The Morgan fingerprint density at radius 1 is 1.27 bits per heavy atom. The normalized spacial score (nSPS) is 13.5. The molecule has 1 aliphatic carbocycles. The molecule has 0 radical (unpaired) electrons. The van der Waals surface area contributed by atoms with Gasteiger partial charge in [0.15, 0.2) is 0 Å². The lowest BCUT2D eigenvalue weighted by molar-refractivity contribution is -0.117. The summed E-state index contributed by atoms with van der Waals surface area (Å²) in [5.41, 5.74) is 2.87. The molecule has 2 aromatic rings. The third-order valence-electron chi connectivity index (χ3n) is 3.60. The molecule has 0 unspecified atom stereocenters. The number of carbonyl (C=O) groups is 1. The summed E-state index contributed by atoms with van der Waals surface area (Å²) in [6.45, 7) is 2.03. The Balaban J connectivity index is 1.70. The van der Waals surface area contributed by atoms with E-state index in [2.05, 4.69) is 15.6 Å². The van der Waals surface area contributed by atoms with Crippen molar-refractivity contribution in [2.45, 2.75) is 19.8 Å². The number of rotatable bonds is 5. The van der Waals surface area contributed by atoms with Crippen LogP contribution in [0.15, 0.2) is 36.5 Å². The summed E-state index contributed by atoms with van der Waals surface area (Å²) in [7, 11) is 1.64. The molecule has 1 amide bonds. The van der Waals surface area contributed by atoms with Crippen molar-refractivity contribution in [2.75, 3.05) is 17.7 Å². The van der Waals surface area contributed by atoms with Crippen molar-refractivity contribution in [1.82, 2.24) is 4.98 Å². The second-order valence-corrected chi connectivity index (χ2v) is 5.52. The van der Waals surface area contributed by atoms with Gasteiger partial charge < -0.3 is 15.4 Å². The molecule has 1 aromatic carbocycles. The number of hydrogen-bond donors (Lipinski definition) is 2. The molecule has 5 heteroatoms. The van der Waals surface area contributed by atoms with Crippen molar-refractivity contribution in [1.29, 1.82) is 0 Å². The van der Waals surface area contributed by atoms with Gasteiger partial charge in [-0.15, -0.1) is 0 Å². The number of carbonyl (C=O) groups excluding carboxylic acids is 1. The van der Waals surface area contributed by atoms with Gasteiger partial charge in [0, 0.05) is 5.92 Å².